The minimum absolute atomic E-state index is 0.0402. The van der Waals surface area contributed by atoms with Crippen molar-refractivity contribution < 1.29 is 18.7 Å². The van der Waals surface area contributed by atoms with Gasteiger partial charge in [0.1, 0.15) is 17.5 Å². The van der Waals surface area contributed by atoms with Crippen LogP contribution in [0.25, 0.3) is 0 Å². The van der Waals surface area contributed by atoms with Gasteiger partial charge in [-0.05, 0) is 43.3 Å². The van der Waals surface area contributed by atoms with Crippen molar-refractivity contribution in [2.45, 2.75) is 31.4 Å². The summed E-state index contributed by atoms with van der Waals surface area (Å²) in [5.41, 5.74) is 10.8. The van der Waals surface area contributed by atoms with Crippen LogP contribution < -0.4 is 31.7 Å². The van der Waals surface area contributed by atoms with E-state index in [4.69, 9.17) is 22.7 Å². The molecule has 0 aromatic heterocycles. The van der Waals surface area contributed by atoms with E-state index in [0.29, 0.717) is 37.3 Å². The molecule has 2 aliphatic heterocycles. The molecular formula is C19H24FN7O3S. The number of rotatable bonds is 6. The predicted octanol–water partition coefficient (Wildman–Crippen LogP) is 0.487. The lowest BCUT2D eigenvalue weighted by Gasteiger charge is -2.39. The number of hydrogen-bond acceptors (Lipinski definition) is 7. The Balaban J connectivity index is 1.64. The normalized spacial score (nSPS) is 20.0. The molecule has 31 heavy (non-hydrogen) atoms. The van der Waals surface area contributed by atoms with E-state index in [1.165, 1.54) is 17.9 Å². The Morgan fingerprint density at radius 1 is 1.45 bits per heavy atom. The number of carbonyl (C=O) groups excluding carboxylic acids is 2. The number of nitriles is 1. The van der Waals surface area contributed by atoms with Gasteiger partial charge in [-0.25, -0.2) is 14.6 Å². The minimum Gasteiger partial charge on any atom is -0.442 e. The molecule has 3 rings (SSSR count). The van der Waals surface area contributed by atoms with Gasteiger partial charge < -0.3 is 20.7 Å². The summed E-state index contributed by atoms with van der Waals surface area (Å²) in [6.45, 7) is 2.68. The van der Waals surface area contributed by atoms with Gasteiger partial charge in [0.25, 0.3) is 0 Å². The summed E-state index contributed by atoms with van der Waals surface area (Å²) in [6.07, 6.45) is -0.216. The number of halogens is 1. The van der Waals surface area contributed by atoms with E-state index in [1.807, 2.05) is 4.90 Å². The molecule has 2 heterocycles. The van der Waals surface area contributed by atoms with Crippen LogP contribution in [0.5, 0.6) is 0 Å². The zero-order valence-electron chi connectivity index (χ0n) is 17.0. The Kier molecular flexibility index (Phi) is 6.77. The molecule has 1 atom stereocenters. The number of ether oxygens (including phenoxy) is 1. The number of carbonyl (C=O) groups is 2. The zero-order chi connectivity index (χ0) is 22.6. The third-order valence-electron chi connectivity index (χ3n) is 5.29. The number of hydrazine groups is 1. The van der Waals surface area contributed by atoms with Crippen molar-refractivity contribution in [3.05, 3.63) is 24.0 Å². The monoisotopic (exact) mass is 449 g/mol. The summed E-state index contributed by atoms with van der Waals surface area (Å²) in [4.78, 5) is 26.4. The van der Waals surface area contributed by atoms with E-state index >= 15 is 0 Å². The van der Waals surface area contributed by atoms with Crippen molar-refractivity contribution in [3.8, 4) is 6.07 Å². The van der Waals surface area contributed by atoms with Crippen molar-refractivity contribution >= 4 is 40.7 Å². The van der Waals surface area contributed by atoms with Crippen molar-refractivity contribution in [2.24, 2.45) is 5.73 Å². The average Bonchev–Trinajstić information content (AvgIpc) is 3.12. The van der Waals surface area contributed by atoms with Crippen molar-refractivity contribution in [3.63, 3.8) is 0 Å². The standard InChI is InChI=1S/C19H24FN7O3S/c1-12(28)23-9-14-10-27(18(29)30-14)13-2-3-16(15(20)8-13)26-6-4-19(11-21,5-7-26)25-24-17(22)31/h2-3,8,14,25H,4-7,9-10H2,1H3,(H,23,28)(H3,22,24,31)/t14-/m0/s1. The summed E-state index contributed by atoms with van der Waals surface area (Å²) < 4.78 is 20.1. The second kappa shape index (κ2) is 9.32. The first-order valence-electron chi connectivity index (χ1n) is 9.74. The lowest BCUT2D eigenvalue weighted by Crippen LogP contribution is -2.59. The van der Waals surface area contributed by atoms with Gasteiger partial charge in [-0.2, -0.15) is 5.26 Å². The Bertz CT molecular complexity index is 914. The topological polar surface area (TPSA) is 136 Å². The zero-order valence-corrected chi connectivity index (χ0v) is 17.8. The van der Waals surface area contributed by atoms with Gasteiger partial charge in [0.2, 0.25) is 5.91 Å². The Morgan fingerprint density at radius 3 is 2.74 bits per heavy atom. The SMILES string of the molecule is CC(=O)NC[C@H]1CN(c2ccc(N3CCC(C#N)(NNC(N)=S)CC3)c(F)c2)C(=O)O1. The van der Waals surface area contributed by atoms with Crippen LogP contribution in [0.3, 0.4) is 0 Å². The van der Waals surface area contributed by atoms with Gasteiger partial charge >= 0.3 is 6.09 Å². The second-order valence-electron chi connectivity index (χ2n) is 7.48. The number of cyclic esters (lactones) is 1. The van der Waals surface area contributed by atoms with Crippen LogP contribution in [-0.4, -0.2) is 54.9 Å². The maximum Gasteiger partial charge on any atom is 0.414 e. The Hall–Kier alpha value is -3.17. The summed E-state index contributed by atoms with van der Waals surface area (Å²) in [6, 6.07) is 6.79. The third-order valence-corrected chi connectivity index (χ3v) is 5.39. The van der Waals surface area contributed by atoms with Crippen LogP contribution in [0.4, 0.5) is 20.6 Å². The lowest BCUT2D eigenvalue weighted by molar-refractivity contribution is -0.119. The minimum atomic E-state index is -0.849. The van der Waals surface area contributed by atoms with Gasteiger partial charge in [0.15, 0.2) is 5.11 Å². The maximum atomic E-state index is 14.9. The smallest absolute Gasteiger partial charge is 0.414 e. The first-order chi connectivity index (χ1) is 14.7. The molecular weight excluding hydrogens is 425 g/mol. The average molecular weight is 450 g/mol. The molecule has 2 saturated heterocycles. The highest BCUT2D eigenvalue weighted by Gasteiger charge is 2.36. The second-order valence-corrected chi connectivity index (χ2v) is 7.92. The van der Waals surface area contributed by atoms with Gasteiger partial charge in [-0.1, -0.05) is 0 Å². The highest BCUT2D eigenvalue weighted by molar-refractivity contribution is 7.80. The fourth-order valence-corrected chi connectivity index (χ4v) is 3.64. The predicted molar refractivity (Wildman–Crippen MR) is 116 cm³/mol. The van der Waals surface area contributed by atoms with Crippen LogP contribution in [0, 0.1) is 17.1 Å². The lowest BCUT2D eigenvalue weighted by atomic mass is 9.89. The molecule has 2 amide bonds. The molecule has 5 N–H and O–H groups in total. The fraction of sp³-hybridized carbons (Fsp3) is 0.474. The number of nitrogens with two attached hydrogens (primary N) is 1. The number of thiocarbonyl (C=S) groups is 1. The molecule has 0 aliphatic carbocycles. The molecule has 0 unspecified atom stereocenters. The third kappa shape index (κ3) is 5.31. The maximum absolute atomic E-state index is 14.9. The van der Waals surface area contributed by atoms with Gasteiger partial charge in [-0.15, -0.1) is 0 Å². The molecule has 166 valence electrons. The van der Waals surface area contributed by atoms with E-state index in [0.717, 1.165) is 0 Å². The number of nitrogens with one attached hydrogen (secondary N) is 3. The van der Waals surface area contributed by atoms with Crippen LogP contribution >= 0.6 is 12.2 Å². The molecule has 0 spiro atoms. The van der Waals surface area contributed by atoms with Crippen molar-refractivity contribution in [1.82, 2.24) is 16.2 Å². The number of hydrogen-bond donors (Lipinski definition) is 4. The molecule has 2 aliphatic rings. The van der Waals surface area contributed by atoms with Crippen LogP contribution in [-0.2, 0) is 9.53 Å². The quantitative estimate of drug-likeness (QED) is 0.361. The summed E-state index contributed by atoms with van der Waals surface area (Å²) in [7, 11) is 0. The molecule has 0 bridgehead atoms. The number of nitrogens with zero attached hydrogens (tertiary/aromatic N) is 3. The molecule has 2 fully saturated rings. The molecule has 0 radical (unpaired) electrons. The number of anilines is 2. The first-order valence-corrected chi connectivity index (χ1v) is 10.1. The highest BCUT2D eigenvalue weighted by Crippen LogP contribution is 2.31. The first kappa shape index (κ1) is 22.5. The summed E-state index contributed by atoms with van der Waals surface area (Å²) in [5, 5.41) is 12.2. The van der Waals surface area contributed by atoms with Crippen LogP contribution in [0.15, 0.2) is 18.2 Å². The van der Waals surface area contributed by atoms with Gasteiger partial charge in [0.05, 0.1) is 30.5 Å². The number of amides is 2. The molecule has 10 nitrogen and oxygen atoms in total. The van der Waals surface area contributed by atoms with E-state index < -0.39 is 23.6 Å². The number of benzene rings is 1. The summed E-state index contributed by atoms with van der Waals surface area (Å²) in [5.74, 6) is -0.696. The van der Waals surface area contributed by atoms with Crippen molar-refractivity contribution in [2.75, 3.05) is 36.0 Å². The van der Waals surface area contributed by atoms with E-state index in [9.17, 15) is 19.2 Å². The van der Waals surface area contributed by atoms with E-state index in [1.54, 1.807) is 12.1 Å². The highest BCUT2D eigenvalue weighted by atomic mass is 32.1. The molecule has 0 saturated carbocycles. The van der Waals surface area contributed by atoms with Gasteiger partial charge in [0, 0.05) is 20.0 Å². The Morgan fingerprint density at radius 2 is 2.16 bits per heavy atom. The fourth-order valence-electron chi connectivity index (χ4n) is 3.59. The van der Waals surface area contributed by atoms with Crippen molar-refractivity contribution in [1.29, 1.82) is 5.26 Å². The largest absolute Gasteiger partial charge is 0.442 e. The molecule has 1 aromatic rings. The van der Waals surface area contributed by atoms with Crippen LogP contribution in [0.1, 0.15) is 19.8 Å². The molecule has 1 aromatic carbocycles. The van der Waals surface area contributed by atoms with Crippen LogP contribution in [0.2, 0.25) is 0 Å². The molecule has 12 heteroatoms. The number of piperidine rings is 1. The Labute approximate surface area is 184 Å². The van der Waals surface area contributed by atoms with E-state index in [2.05, 4.69) is 22.2 Å². The van der Waals surface area contributed by atoms with Gasteiger partial charge in [-0.3, -0.25) is 15.1 Å². The summed E-state index contributed by atoms with van der Waals surface area (Å²) >= 11 is 4.76. The van der Waals surface area contributed by atoms with E-state index in [-0.39, 0.29) is 24.1 Å².